The average molecular weight is 2040 g/mol. The third kappa shape index (κ3) is 31.7. The Kier molecular flexibility index (Phi) is 39.5. The standard InChI is InChI=1S/C28H40N8O2.C28H39N7O3.C28H39N7O2.C27H37N7O2/c1-21(37)35-12-7-24(8-13-35)33-27-16-26(31-20-32-27)28(38)30-17-25(36-14-9-29-10-15-36)19-34-11-6-22-4-2-3-5-23(22)18-34;1-21(36)34-10-7-24(8-11-34)32-27-16-26(30-20-31-27)28(37)29-17-25(35-12-14-38-15-13-35)19-33-9-6-22-4-2-3-5-23(22)18-33;1-21(36)34-14-9-24(10-15-34)32-27-16-26(30-20-31-27)28(37)29-17-25(35-11-4-5-12-35)19-33-13-8-22-6-2-3-7-23(22)18-33;1-20(35)33-13-8-23(9-14-33)31-26-15-25(29-19-30-26)27(36)28-16-24(34-10-4-11-34)18-32-12-7-21-5-2-3-6-22(21)17-32/h2-5,16,20,24-25,29H,6-15,17-19H2,1H3,(H,30,38)(H,31,32,33);2-5,16,20,24-25H,6-15,17-19H2,1H3,(H,29,37)(H,30,31,32);2-3,6-7,16,20,24-25H,4-5,8-15,17-19H2,1H3,(H,29,37)(H,30,31,32);2-3,5-6,15,19,23-24H,4,7-14,16-18H2,1H3,(H,28,36)(H,29,30,31). The van der Waals surface area contributed by atoms with Gasteiger partial charge >= 0.3 is 0 Å². The zero-order valence-electron chi connectivity index (χ0n) is 87.7. The van der Waals surface area contributed by atoms with Gasteiger partial charge in [0, 0.05) is 297 Å². The number of piperidine rings is 4. The molecule has 0 spiro atoms. The number of ether oxygens (including phenoxy) is 1. The van der Waals surface area contributed by atoms with Gasteiger partial charge in [0.05, 0.1) is 13.2 Å². The Labute approximate surface area is 877 Å². The topological polar surface area (TPSA) is 396 Å². The zero-order chi connectivity index (χ0) is 103. The summed E-state index contributed by atoms with van der Waals surface area (Å²) in [7, 11) is 0. The summed E-state index contributed by atoms with van der Waals surface area (Å²) in [5, 5.41) is 29.7. The Morgan fingerprint density at radius 2 is 0.530 bits per heavy atom. The Balaban J connectivity index is 0.000000135. The van der Waals surface area contributed by atoms with Gasteiger partial charge in [0.15, 0.2) is 0 Å². The summed E-state index contributed by atoms with van der Waals surface area (Å²) in [4.78, 5) is 160. The minimum absolute atomic E-state index is 0.116. The van der Waals surface area contributed by atoms with Crippen LogP contribution >= 0.6 is 0 Å². The van der Waals surface area contributed by atoms with E-state index in [9.17, 15) is 38.4 Å². The number of carbonyl (C=O) groups is 8. The minimum atomic E-state index is -0.191. The molecule has 4 aromatic heterocycles. The molecule has 4 aromatic carbocycles. The molecule has 4 atom stereocenters. The maximum absolute atomic E-state index is 13.1. The molecule has 12 aliphatic rings. The maximum Gasteiger partial charge on any atom is 0.270 e. The fraction of sp³-hybridized carbons (Fsp3) is 0.568. The number of hydrogen-bond donors (Lipinski definition) is 9. The number of rotatable bonds is 32. The lowest BCUT2D eigenvalue weighted by molar-refractivity contribution is -0.130. The van der Waals surface area contributed by atoms with Gasteiger partial charge in [-0.05, 0) is 167 Å². The molecule has 38 nitrogen and oxygen atoms in total. The minimum Gasteiger partial charge on any atom is -0.379 e. The molecule has 9 N–H and O–H groups in total. The molecule has 0 bridgehead atoms. The van der Waals surface area contributed by atoms with Crippen LogP contribution in [-0.2, 0) is 75.8 Å². The van der Waals surface area contributed by atoms with Crippen LogP contribution in [0, 0.1) is 0 Å². The molecular weight excluding hydrogens is 1880 g/mol. The highest BCUT2D eigenvalue weighted by atomic mass is 16.5. The Morgan fingerprint density at radius 1 is 0.295 bits per heavy atom. The van der Waals surface area contributed by atoms with Gasteiger partial charge in [-0.15, -0.1) is 0 Å². The third-order valence-corrected chi connectivity index (χ3v) is 31.8. The Morgan fingerprint density at radius 3 is 0.772 bits per heavy atom. The quantitative estimate of drug-likeness (QED) is 0.0224. The van der Waals surface area contributed by atoms with Gasteiger partial charge < -0.3 is 72.2 Å². The van der Waals surface area contributed by atoms with E-state index < -0.39 is 0 Å². The lowest BCUT2D eigenvalue weighted by atomic mass is 9.99. The first-order chi connectivity index (χ1) is 72.7. The molecule has 8 amide bonds. The molecule has 8 aromatic rings. The van der Waals surface area contributed by atoms with Crippen LogP contribution in [0.4, 0.5) is 23.3 Å². The lowest BCUT2D eigenvalue weighted by Gasteiger charge is -2.41. The van der Waals surface area contributed by atoms with E-state index in [1.165, 1.54) is 89.1 Å². The number of piperazine rings is 1. The number of fused-ring (bicyclic) bond motifs is 4. The lowest BCUT2D eigenvalue weighted by Crippen LogP contribution is -2.56. The fourth-order valence-corrected chi connectivity index (χ4v) is 22.7. The molecule has 798 valence electrons. The van der Waals surface area contributed by atoms with Gasteiger partial charge in [0.25, 0.3) is 23.6 Å². The third-order valence-electron chi connectivity index (χ3n) is 31.8. The number of amides is 8. The second-order valence-electron chi connectivity index (χ2n) is 41.9. The van der Waals surface area contributed by atoms with Crippen LogP contribution < -0.4 is 47.9 Å². The monoisotopic (exact) mass is 2040 g/mol. The van der Waals surface area contributed by atoms with Crippen LogP contribution in [0.1, 0.15) is 185 Å². The van der Waals surface area contributed by atoms with E-state index in [0.717, 1.165) is 287 Å². The smallest absolute Gasteiger partial charge is 0.270 e. The highest BCUT2D eigenvalue weighted by Gasteiger charge is 2.36. The molecule has 8 saturated heterocycles. The van der Waals surface area contributed by atoms with Crippen LogP contribution in [0.25, 0.3) is 0 Å². The highest BCUT2D eigenvalue weighted by molar-refractivity contribution is 5.94. The Bertz CT molecular complexity index is 5540. The van der Waals surface area contributed by atoms with Crippen LogP contribution in [0.5, 0.6) is 0 Å². The van der Waals surface area contributed by atoms with Gasteiger partial charge in [-0.1, -0.05) is 97.1 Å². The summed E-state index contributed by atoms with van der Waals surface area (Å²) in [5.74, 6) is 2.39. The summed E-state index contributed by atoms with van der Waals surface area (Å²) in [6.45, 7) is 37.9. The fourth-order valence-electron chi connectivity index (χ4n) is 22.7. The van der Waals surface area contributed by atoms with Crippen molar-refractivity contribution in [2.45, 2.75) is 199 Å². The first-order valence-electron chi connectivity index (χ1n) is 54.6. The van der Waals surface area contributed by atoms with Crippen molar-refractivity contribution in [2.24, 2.45) is 0 Å². The highest BCUT2D eigenvalue weighted by Crippen LogP contribution is 2.29. The van der Waals surface area contributed by atoms with Crippen molar-refractivity contribution in [1.29, 1.82) is 0 Å². The molecule has 0 saturated carbocycles. The molecule has 12 aliphatic heterocycles. The van der Waals surface area contributed by atoms with Gasteiger partial charge in [-0.3, -0.25) is 77.6 Å². The summed E-state index contributed by atoms with van der Waals surface area (Å²) >= 11 is 0. The molecule has 0 radical (unpaired) electrons. The average Bonchev–Trinajstić information content (AvgIpc) is 1.82. The van der Waals surface area contributed by atoms with Crippen molar-refractivity contribution in [2.75, 3.05) is 231 Å². The second-order valence-corrected chi connectivity index (χ2v) is 41.9. The molecule has 149 heavy (non-hydrogen) atoms. The van der Waals surface area contributed by atoms with Crippen LogP contribution in [-0.4, -0.2) is 404 Å². The molecular formula is C111H155N29O9. The number of anilines is 4. The summed E-state index contributed by atoms with van der Waals surface area (Å²) < 4.78 is 5.59. The summed E-state index contributed by atoms with van der Waals surface area (Å²) in [5.41, 5.74) is 13.0. The van der Waals surface area contributed by atoms with Crippen molar-refractivity contribution in [3.05, 3.63) is 214 Å². The van der Waals surface area contributed by atoms with E-state index in [2.05, 4.69) is 224 Å². The predicted molar refractivity (Wildman–Crippen MR) is 574 cm³/mol. The normalized spacial score (nSPS) is 19.9. The van der Waals surface area contributed by atoms with Gasteiger partial charge in [0.1, 0.15) is 71.4 Å². The first-order valence-corrected chi connectivity index (χ1v) is 54.6. The van der Waals surface area contributed by atoms with Gasteiger partial charge in [-0.25, -0.2) is 39.9 Å². The zero-order valence-corrected chi connectivity index (χ0v) is 87.7. The van der Waals surface area contributed by atoms with Crippen LogP contribution in [0.15, 0.2) is 147 Å². The summed E-state index contributed by atoms with van der Waals surface area (Å²) in [6, 6.07) is 43.7. The van der Waals surface area contributed by atoms with E-state index in [4.69, 9.17) is 4.74 Å². The number of hydrogen-bond acceptors (Lipinski definition) is 30. The number of carbonyl (C=O) groups excluding carboxylic acids is 8. The van der Waals surface area contributed by atoms with Gasteiger partial charge in [0.2, 0.25) is 23.6 Å². The number of morpholine rings is 1. The predicted octanol–water partition coefficient (Wildman–Crippen LogP) is 6.26. The van der Waals surface area contributed by atoms with Crippen LogP contribution in [0.3, 0.4) is 0 Å². The number of nitrogens with zero attached hydrogens (tertiary/aromatic N) is 20. The van der Waals surface area contributed by atoms with Gasteiger partial charge in [-0.2, -0.15) is 0 Å². The molecule has 38 heteroatoms. The molecule has 0 aliphatic carbocycles. The SMILES string of the molecule is CC(=O)N1CCC(Nc2cc(C(=O)NCC(CN3CCc4ccccc4C3)N3CCC3)ncn2)CC1.CC(=O)N1CCC(Nc2cc(C(=O)NCC(CN3CCc4ccccc4C3)N3CCCC3)ncn2)CC1.CC(=O)N1CCC(Nc2cc(C(=O)NCC(CN3CCc4ccccc4C3)N3CCNCC3)ncn2)CC1.CC(=O)N1CCC(Nc2cc(C(=O)NCC(CN3CCc4ccccc4C3)N3CCOCC3)ncn2)CC1. The van der Waals surface area contributed by atoms with E-state index >= 15 is 0 Å². The second kappa shape index (κ2) is 54.5. The molecule has 8 fully saturated rings. The summed E-state index contributed by atoms with van der Waals surface area (Å²) in [6.07, 6.45) is 20.6. The number of nitrogens with one attached hydrogen (secondary N) is 9. The van der Waals surface area contributed by atoms with Crippen molar-refractivity contribution in [3.8, 4) is 0 Å². The van der Waals surface area contributed by atoms with E-state index in [-0.39, 0.29) is 89.6 Å². The van der Waals surface area contributed by atoms with E-state index in [1.807, 2.05) is 19.6 Å². The largest absolute Gasteiger partial charge is 0.379 e. The molecule has 4 unspecified atom stereocenters. The first kappa shape index (κ1) is 108. The number of benzene rings is 4. The van der Waals surface area contributed by atoms with Crippen molar-refractivity contribution >= 4 is 70.5 Å². The molecule has 20 rings (SSSR count). The van der Waals surface area contributed by atoms with Crippen LogP contribution in [0.2, 0.25) is 0 Å². The van der Waals surface area contributed by atoms with Crippen molar-refractivity contribution in [3.63, 3.8) is 0 Å². The Hall–Kier alpha value is -12.2. The van der Waals surface area contributed by atoms with Crippen molar-refractivity contribution < 1.29 is 43.1 Å². The van der Waals surface area contributed by atoms with Crippen molar-refractivity contribution in [1.82, 2.24) is 125 Å². The molecule has 16 heterocycles. The van der Waals surface area contributed by atoms with E-state index in [1.54, 1.807) is 52.0 Å². The maximum atomic E-state index is 13.1. The number of likely N-dealkylation sites (tertiary alicyclic amines) is 6. The number of aromatic nitrogens is 8. The van der Waals surface area contributed by atoms with E-state index in [0.29, 0.717) is 78.3 Å².